The number of sulfonamides is 1. The molecule has 0 saturated carbocycles. The number of hydrogen-bond acceptors (Lipinski definition) is 5. The van der Waals surface area contributed by atoms with Gasteiger partial charge in [0.2, 0.25) is 21.8 Å². The van der Waals surface area contributed by atoms with E-state index in [1.54, 1.807) is 42.5 Å². The van der Waals surface area contributed by atoms with Crippen LogP contribution in [0.3, 0.4) is 0 Å². The van der Waals surface area contributed by atoms with Crippen LogP contribution in [0.5, 0.6) is 5.75 Å². The summed E-state index contributed by atoms with van der Waals surface area (Å²) in [5.74, 6) is -0.200. The minimum Gasteiger partial charge on any atom is -0.497 e. The van der Waals surface area contributed by atoms with Crippen LogP contribution in [0.1, 0.15) is 25.0 Å². The lowest BCUT2D eigenvalue weighted by Gasteiger charge is -2.34. The number of nitrogens with one attached hydrogen (secondary N) is 1. The van der Waals surface area contributed by atoms with Gasteiger partial charge < -0.3 is 15.0 Å². The first kappa shape index (κ1) is 32.2. The van der Waals surface area contributed by atoms with Crippen LogP contribution in [0.15, 0.2) is 72.8 Å². The van der Waals surface area contributed by atoms with Gasteiger partial charge in [0.15, 0.2) is 0 Å². The zero-order valence-corrected chi connectivity index (χ0v) is 25.8. The molecule has 3 aromatic carbocycles. The van der Waals surface area contributed by atoms with Crippen LogP contribution < -0.4 is 14.4 Å². The number of nitrogens with zero attached hydrogens (tertiary/aromatic N) is 2. The van der Waals surface area contributed by atoms with Crippen LogP contribution in [0.4, 0.5) is 5.69 Å². The molecule has 0 radical (unpaired) electrons. The highest BCUT2D eigenvalue weighted by Crippen LogP contribution is 2.26. The van der Waals surface area contributed by atoms with Gasteiger partial charge in [0, 0.05) is 29.6 Å². The van der Waals surface area contributed by atoms with Crippen molar-refractivity contribution >= 4 is 50.7 Å². The van der Waals surface area contributed by atoms with E-state index in [1.807, 2.05) is 44.2 Å². The van der Waals surface area contributed by atoms with E-state index in [1.165, 1.54) is 12.0 Å². The van der Waals surface area contributed by atoms with E-state index in [9.17, 15) is 18.0 Å². The summed E-state index contributed by atoms with van der Waals surface area (Å²) in [6.07, 6.45) is 1.24. The number of ether oxygens (including phenoxy) is 1. The highest BCUT2D eigenvalue weighted by Gasteiger charge is 2.33. The second-order valence-electron chi connectivity index (χ2n) is 10.1. The molecule has 0 fully saturated rings. The van der Waals surface area contributed by atoms with Crippen molar-refractivity contribution in [3.05, 3.63) is 94.0 Å². The van der Waals surface area contributed by atoms with Crippen molar-refractivity contribution in [3.8, 4) is 5.75 Å². The maximum atomic E-state index is 14.1. The molecule has 1 atom stereocenters. The summed E-state index contributed by atoms with van der Waals surface area (Å²) in [7, 11) is -2.37. The van der Waals surface area contributed by atoms with E-state index in [4.69, 9.17) is 27.9 Å². The summed E-state index contributed by atoms with van der Waals surface area (Å²) >= 11 is 12.6. The lowest BCUT2D eigenvalue weighted by atomic mass is 10.0. The molecular weight excluding hydrogens is 585 g/mol. The Morgan fingerprint density at radius 3 is 2.20 bits per heavy atom. The Bertz CT molecular complexity index is 1430. The van der Waals surface area contributed by atoms with Crippen molar-refractivity contribution in [2.45, 2.75) is 32.9 Å². The number of anilines is 1. The number of methoxy groups -OCH3 is 1. The quantitative estimate of drug-likeness (QED) is 0.284. The van der Waals surface area contributed by atoms with Crippen LogP contribution in [-0.2, 0) is 32.6 Å². The third-order valence-electron chi connectivity index (χ3n) is 6.35. The molecule has 0 aliphatic carbocycles. The molecule has 0 bridgehead atoms. The van der Waals surface area contributed by atoms with Crippen LogP contribution in [0.25, 0.3) is 0 Å². The van der Waals surface area contributed by atoms with Gasteiger partial charge in [0.1, 0.15) is 18.3 Å². The van der Waals surface area contributed by atoms with E-state index in [0.29, 0.717) is 27.9 Å². The second kappa shape index (κ2) is 14.6. The van der Waals surface area contributed by atoms with Gasteiger partial charge in [-0.25, -0.2) is 8.42 Å². The molecule has 1 N–H and O–H groups in total. The molecule has 220 valence electrons. The highest BCUT2D eigenvalue weighted by molar-refractivity contribution is 7.92. The fraction of sp³-hybridized carbons (Fsp3) is 0.333. The van der Waals surface area contributed by atoms with Gasteiger partial charge in [0.05, 0.1) is 19.1 Å². The standard InChI is InChI=1S/C30H35Cl2N3O5S/c1-21(2)18-33-30(37)28(16-22-8-6-5-7-9-22)34(19-23-10-11-24(31)17-27(23)32)29(36)20-35(41(4,38)39)25-12-14-26(40-3)15-13-25/h5-15,17,21,28H,16,18-20H2,1-4H3,(H,33,37). The second-order valence-corrected chi connectivity index (χ2v) is 12.8. The van der Waals surface area contributed by atoms with E-state index in [2.05, 4.69) is 5.32 Å². The Labute approximate surface area is 252 Å². The fourth-order valence-corrected chi connectivity index (χ4v) is 5.49. The van der Waals surface area contributed by atoms with Gasteiger partial charge in [-0.2, -0.15) is 0 Å². The summed E-state index contributed by atoms with van der Waals surface area (Å²) in [5, 5.41) is 3.69. The van der Waals surface area contributed by atoms with Crippen molar-refractivity contribution in [2.24, 2.45) is 5.92 Å². The minimum absolute atomic E-state index is 0.0400. The Morgan fingerprint density at radius 1 is 0.976 bits per heavy atom. The van der Waals surface area contributed by atoms with Crippen LogP contribution in [-0.4, -0.2) is 57.6 Å². The normalized spacial score (nSPS) is 12.1. The van der Waals surface area contributed by atoms with Crippen molar-refractivity contribution in [3.63, 3.8) is 0 Å². The SMILES string of the molecule is COc1ccc(N(CC(=O)N(Cc2ccc(Cl)cc2Cl)C(Cc2ccccc2)C(=O)NCC(C)C)S(C)(=O)=O)cc1. The van der Waals surface area contributed by atoms with Crippen LogP contribution in [0.2, 0.25) is 10.0 Å². The molecule has 1 unspecified atom stereocenters. The van der Waals surface area contributed by atoms with Crippen molar-refractivity contribution < 1.29 is 22.7 Å². The first-order valence-electron chi connectivity index (χ1n) is 13.1. The fourth-order valence-electron chi connectivity index (χ4n) is 4.17. The number of halogens is 2. The smallest absolute Gasteiger partial charge is 0.244 e. The third-order valence-corrected chi connectivity index (χ3v) is 8.08. The summed E-state index contributed by atoms with van der Waals surface area (Å²) in [5.41, 5.74) is 1.69. The summed E-state index contributed by atoms with van der Waals surface area (Å²) in [4.78, 5) is 29.1. The molecule has 2 amide bonds. The highest BCUT2D eigenvalue weighted by atomic mass is 35.5. The van der Waals surface area contributed by atoms with Crippen molar-refractivity contribution in [1.82, 2.24) is 10.2 Å². The van der Waals surface area contributed by atoms with Gasteiger partial charge in [-0.3, -0.25) is 13.9 Å². The third kappa shape index (κ3) is 9.38. The first-order chi connectivity index (χ1) is 19.4. The number of carbonyl (C=O) groups excluding carboxylic acids is 2. The molecule has 0 aliphatic heterocycles. The lowest BCUT2D eigenvalue weighted by molar-refractivity contribution is -0.140. The van der Waals surface area contributed by atoms with E-state index in [0.717, 1.165) is 16.1 Å². The zero-order valence-electron chi connectivity index (χ0n) is 23.5. The van der Waals surface area contributed by atoms with Crippen molar-refractivity contribution in [2.75, 3.05) is 30.8 Å². The molecule has 11 heteroatoms. The number of benzene rings is 3. The molecule has 3 rings (SSSR count). The molecular formula is C30H35Cl2N3O5S. The molecule has 3 aromatic rings. The Balaban J connectivity index is 2.06. The average molecular weight is 621 g/mol. The molecule has 0 heterocycles. The maximum Gasteiger partial charge on any atom is 0.244 e. The molecule has 8 nitrogen and oxygen atoms in total. The van der Waals surface area contributed by atoms with Crippen molar-refractivity contribution in [1.29, 1.82) is 0 Å². The molecule has 41 heavy (non-hydrogen) atoms. The summed E-state index contributed by atoms with van der Waals surface area (Å²) in [6.45, 7) is 3.79. The van der Waals surface area contributed by atoms with Crippen LogP contribution in [0, 0.1) is 5.92 Å². The Kier molecular flexibility index (Phi) is 11.5. The minimum atomic E-state index is -3.88. The monoisotopic (exact) mass is 619 g/mol. The van der Waals surface area contributed by atoms with Gasteiger partial charge in [-0.1, -0.05) is 73.4 Å². The predicted octanol–water partition coefficient (Wildman–Crippen LogP) is 5.18. The molecule has 0 saturated heterocycles. The van der Waals surface area contributed by atoms with E-state index >= 15 is 0 Å². The first-order valence-corrected chi connectivity index (χ1v) is 15.7. The molecule has 0 spiro atoms. The van der Waals surface area contributed by atoms with Gasteiger partial charge >= 0.3 is 0 Å². The van der Waals surface area contributed by atoms with Gasteiger partial charge in [0.25, 0.3) is 0 Å². The maximum absolute atomic E-state index is 14.1. The Morgan fingerprint density at radius 2 is 1.63 bits per heavy atom. The topological polar surface area (TPSA) is 96.0 Å². The zero-order chi connectivity index (χ0) is 30.2. The largest absolute Gasteiger partial charge is 0.497 e. The number of hydrogen-bond donors (Lipinski definition) is 1. The van der Waals surface area contributed by atoms with E-state index in [-0.39, 0.29) is 30.5 Å². The predicted molar refractivity (Wildman–Crippen MR) is 164 cm³/mol. The summed E-state index contributed by atoms with van der Waals surface area (Å²) in [6, 6.07) is 19.6. The lowest BCUT2D eigenvalue weighted by Crippen LogP contribution is -2.53. The average Bonchev–Trinajstić information content (AvgIpc) is 2.93. The molecule has 0 aromatic heterocycles. The van der Waals surface area contributed by atoms with Gasteiger partial charge in [-0.15, -0.1) is 0 Å². The van der Waals surface area contributed by atoms with Gasteiger partial charge in [-0.05, 0) is 53.4 Å². The molecule has 0 aliphatic rings. The number of carbonyl (C=O) groups is 2. The summed E-state index contributed by atoms with van der Waals surface area (Å²) < 4.78 is 31.9. The number of rotatable bonds is 13. The van der Waals surface area contributed by atoms with Crippen LogP contribution >= 0.6 is 23.2 Å². The van der Waals surface area contributed by atoms with E-state index < -0.39 is 28.5 Å². The number of amides is 2. The Hall–Kier alpha value is -3.27.